The summed E-state index contributed by atoms with van der Waals surface area (Å²) in [5.41, 5.74) is 6.72. The van der Waals surface area contributed by atoms with Crippen LogP contribution in [0.4, 0.5) is 10.1 Å². The molecule has 1 aliphatic rings. The van der Waals surface area contributed by atoms with Crippen LogP contribution in [0.15, 0.2) is 18.2 Å². The number of hydrogen-bond donors (Lipinski definition) is 1. The monoisotopic (exact) mass is 295 g/mol. The summed E-state index contributed by atoms with van der Waals surface area (Å²) >= 11 is 4.83. The molecule has 1 aromatic rings. The molecular weight excluding hydrogens is 273 g/mol. The maximum atomic E-state index is 13.9. The maximum Gasteiger partial charge on any atom is 0.135 e. The summed E-state index contributed by atoms with van der Waals surface area (Å²) < 4.78 is 13.9. The smallest absolute Gasteiger partial charge is 0.135 e. The molecular formula is C15H22FN3S. The van der Waals surface area contributed by atoms with Gasteiger partial charge in [-0.25, -0.2) is 4.39 Å². The lowest BCUT2D eigenvalue weighted by molar-refractivity contribution is 0.232. The van der Waals surface area contributed by atoms with E-state index in [1.807, 2.05) is 6.07 Å². The van der Waals surface area contributed by atoms with Crippen molar-refractivity contribution < 1.29 is 4.39 Å². The fourth-order valence-electron chi connectivity index (χ4n) is 2.91. The molecule has 0 radical (unpaired) electrons. The van der Waals surface area contributed by atoms with Crippen molar-refractivity contribution in [2.75, 3.05) is 31.1 Å². The van der Waals surface area contributed by atoms with Crippen LogP contribution in [0.25, 0.3) is 0 Å². The van der Waals surface area contributed by atoms with Crippen molar-refractivity contribution in [1.29, 1.82) is 0 Å². The first-order valence-corrected chi connectivity index (χ1v) is 7.56. The number of rotatable bonds is 5. The molecule has 20 heavy (non-hydrogen) atoms. The van der Waals surface area contributed by atoms with Gasteiger partial charge in [-0.2, -0.15) is 0 Å². The molecule has 0 amide bonds. The van der Waals surface area contributed by atoms with Gasteiger partial charge in [-0.1, -0.05) is 26.1 Å². The summed E-state index contributed by atoms with van der Waals surface area (Å²) in [5, 5.41) is 0. The first-order chi connectivity index (χ1) is 9.56. The first kappa shape index (κ1) is 15.2. The summed E-state index contributed by atoms with van der Waals surface area (Å²) in [6.45, 7) is 8.40. The van der Waals surface area contributed by atoms with E-state index in [4.69, 9.17) is 18.0 Å². The highest BCUT2D eigenvalue weighted by Gasteiger charge is 2.26. The zero-order chi connectivity index (χ0) is 14.7. The zero-order valence-corrected chi connectivity index (χ0v) is 12.9. The van der Waals surface area contributed by atoms with E-state index in [1.54, 1.807) is 12.1 Å². The van der Waals surface area contributed by atoms with E-state index in [2.05, 4.69) is 23.6 Å². The second-order valence-electron chi connectivity index (χ2n) is 5.14. The van der Waals surface area contributed by atoms with Crippen LogP contribution in [-0.2, 0) is 0 Å². The van der Waals surface area contributed by atoms with Gasteiger partial charge < -0.3 is 10.6 Å². The minimum Gasteiger partial charge on any atom is -0.389 e. The van der Waals surface area contributed by atoms with Crippen molar-refractivity contribution in [2.24, 2.45) is 5.73 Å². The molecule has 0 saturated carbocycles. The Bertz CT molecular complexity index is 488. The van der Waals surface area contributed by atoms with Crippen LogP contribution in [-0.4, -0.2) is 42.1 Å². The van der Waals surface area contributed by atoms with Crippen molar-refractivity contribution in [3.8, 4) is 0 Å². The molecule has 2 N–H and O–H groups in total. The Morgan fingerprint density at radius 3 is 2.70 bits per heavy atom. The highest BCUT2D eigenvalue weighted by molar-refractivity contribution is 7.80. The summed E-state index contributed by atoms with van der Waals surface area (Å²) in [5.74, 6) is -0.332. The van der Waals surface area contributed by atoms with E-state index < -0.39 is 0 Å². The number of likely N-dealkylation sites (N-methyl/N-ethyl adjacent to an activating group) is 1. The van der Waals surface area contributed by atoms with Gasteiger partial charge in [-0.15, -0.1) is 0 Å². The quantitative estimate of drug-likeness (QED) is 0.846. The molecule has 2 rings (SSSR count). The fraction of sp³-hybridized carbons (Fsp3) is 0.533. The van der Waals surface area contributed by atoms with E-state index in [9.17, 15) is 4.39 Å². The van der Waals surface area contributed by atoms with Gasteiger partial charge in [-0.3, -0.25) is 4.90 Å². The second kappa shape index (κ2) is 6.50. The molecule has 1 heterocycles. The number of nitrogens with zero attached hydrogens (tertiary/aromatic N) is 2. The van der Waals surface area contributed by atoms with E-state index in [0.717, 1.165) is 38.3 Å². The standard InChI is InChI=1S/C15H22FN3S/c1-3-18(4-2)12-7-8-19(10-12)11-5-6-13(15(17)20)14(16)9-11/h5-6,9,12H,3-4,7-8,10H2,1-2H3,(H2,17,20). The number of nitrogens with two attached hydrogens (primary N) is 1. The minimum atomic E-state index is -0.332. The van der Waals surface area contributed by atoms with Crippen molar-refractivity contribution in [1.82, 2.24) is 4.90 Å². The average molecular weight is 295 g/mol. The molecule has 1 atom stereocenters. The molecule has 0 spiro atoms. The molecule has 1 aromatic carbocycles. The van der Waals surface area contributed by atoms with Crippen molar-refractivity contribution in [3.63, 3.8) is 0 Å². The Balaban J connectivity index is 2.10. The minimum absolute atomic E-state index is 0.108. The number of thiocarbonyl (C=S) groups is 1. The summed E-state index contributed by atoms with van der Waals surface area (Å²) in [6.07, 6.45) is 1.13. The van der Waals surface area contributed by atoms with Crippen LogP contribution in [0.3, 0.4) is 0 Å². The lowest BCUT2D eigenvalue weighted by Gasteiger charge is -2.26. The molecule has 110 valence electrons. The van der Waals surface area contributed by atoms with Gasteiger partial charge in [0.1, 0.15) is 10.8 Å². The normalized spacial score (nSPS) is 18.8. The largest absolute Gasteiger partial charge is 0.389 e. The van der Waals surface area contributed by atoms with Gasteiger partial charge in [0.25, 0.3) is 0 Å². The molecule has 1 aliphatic heterocycles. The van der Waals surface area contributed by atoms with Gasteiger partial charge in [0.15, 0.2) is 0 Å². The van der Waals surface area contributed by atoms with Crippen molar-refractivity contribution in [3.05, 3.63) is 29.6 Å². The average Bonchev–Trinajstić information content (AvgIpc) is 2.89. The van der Waals surface area contributed by atoms with Gasteiger partial charge in [0, 0.05) is 30.4 Å². The van der Waals surface area contributed by atoms with Gasteiger partial charge in [-0.05, 0) is 37.7 Å². The third-order valence-corrected chi connectivity index (χ3v) is 4.30. The molecule has 0 aliphatic carbocycles. The van der Waals surface area contributed by atoms with Gasteiger partial charge in [0.05, 0.1) is 0 Å². The van der Waals surface area contributed by atoms with Crippen LogP contribution in [0.2, 0.25) is 0 Å². The third kappa shape index (κ3) is 3.10. The summed E-state index contributed by atoms with van der Waals surface area (Å²) in [4.78, 5) is 4.80. The lowest BCUT2D eigenvalue weighted by Crippen LogP contribution is -2.37. The number of benzene rings is 1. The second-order valence-corrected chi connectivity index (χ2v) is 5.58. The molecule has 1 fully saturated rings. The number of anilines is 1. The first-order valence-electron chi connectivity index (χ1n) is 7.15. The Kier molecular flexibility index (Phi) is 4.94. The van der Waals surface area contributed by atoms with Crippen molar-refractivity contribution in [2.45, 2.75) is 26.3 Å². The molecule has 5 heteroatoms. The van der Waals surface area contributed by atoms with Crippen molar-refractivity contribution >= 4 is 22.9 Å². The molecule has 3 nitrogen and oxygen atoms in total. The van der Waals surface area contributed by atoms with Crippen LogP contribution in [0, 0.1) is 5.82 Å². The Morgan fingerprint density at radius 1 is 1.45 bits per heavy atom. The summed E-state index contributed by atoms with van der Waals surface area (Å²) in [6, 6.07) is 5.68. The van der Waals surface area contributed by atoms with Crippen LogP contribution < -0.4 is 10.6 Å². The van der Waals surface area contributed by atoms with Crippen LogP contribution in [0.5, 0.6) is 0 Å². The Hall–Kier alpha value is -1.20. The van der Waals surface area contributed by atoms with E-state index >= 15 is 0 Å². The number of halogens is 1. The molecule has 0 bridgehead atoms. The van der Waals surface area contributed by atoms with E-state index in [-0.39, 0.29) is 10.8 Å². The SMILES string of the molecule is CCN(CC)C1CCN(c2ccc(C(N)=S)c(F)c2)C1. The van der Waals surface area contributed by atoms with Crippen LogP contribution >= 0.6 is 12.2 Å². The molecule has 0 aromatic heterocycles. The van der Waals surface area contributed by atoms with Crippen LogP contribution in [0.1, 0.15) is 25.8 Å². The predicted molar refractivity (Wildman–Crippen MR) is 85.8 cm³/mol. The predicted octanol–water partition coefficient (Wildman–Crippen LogP) is 2.38. The topological polar surface area (TPSA) is 32.5 Å². The third-order valence-electron chi connectivity index (χ3n) is 4.08. The zero-order valence-electron chi connectivity index (χ0n) is 12.1. The number of hydrogen-bond acceptors (Lipinski definition) is 3. The highest BCUT2D eigenvalue weighted by atomic mass is 32.1. The fourth-order valence-corrected chi connectivity index (χ4v) is 3.08. The van der Waals surface area contributed by atoms with E-state index in [0.29, 0.717) is 11.6 Å². The Morgan fingerprint density at radius 2 is 2.15 bits per heavy atom. The Labute approximate surface area is 125 Å². The summed E-state index contributed by atoms with van der Waals surface area (Å²) in [7, 11) is 0. The van der Waals surface area contributed by atoms with Gasteiger partial charge in [0.2, 0.25) is 0 Å². The highest BCUT2D eigenvalue weighted by Crippen LogP contribution is 2.25. The maximum absolute atomic E-state index is 13.9. The van der Waals surface area contributed by atoms with E-state index in [1.165, 1.54) is 0 Å². The lowest BCUT2D eigenvalue weighted by atomic mass is 10.2. The molecule has 1 unspecified atom stereocenters. The van der Waals surface area contributed by atoms with Gasteiger partial charge >= 0.3 is 0 Å². The molecule has 1 saturated heterocycles.